The van der Waals surface area contributed by atoms with Gasteiger partial charge in [-0.25, -0.2) is 0 Å². The molecule has 1 aromatic rings. The molecule has 0 saturated heterocycles. The van der Waals surface area contributed by atoms with E-state index in [4.69, 9.17) is 0 Å². The van der Waals surface area contributed by atoms with Crippen molar-refractivity contribution in [3.05, 3.63) is 24.3 Å². The van der Waals surface area contributed by atoms with E-state index in [0.29, 0.717) is 0 Å². The number of hydrogen-bond acceptors (Lipinski definition) is 2. The number of aromatic nitrogens is 2. The molecular formula is C13H22N2. The van der Waals surface area contributed by atoms with Crippen molar-refractivity contribution in [2.24, 2.45) is 0 Å². The number of unbranched alkanes of at least 4 members (excludes halogenated alkanes) is 6. The molecule has 0 aliphatic rings. The summed E-state index contributed by atoms with van der Waals surface area (Å²) in [5.74, 6) is 0. The van der Waals surface area contributed by atoms with Crippen LogP contribution in [0.25, 0.3) is 0 Å². The molecular weight excluding hydrogens is 184 g/mol. The highest BCUT2D eigenvalue weighted by atomic mass is 14.8. The average Bonchev–Trinajstić information content (AvgIpc) is 2.29. The van der Waals surface area contributed by atoms with Crippen LogP contribution in [0.15, 0.2) is 18.6 Å². The molecule has 0 atom stereocenters. The topological polar surface area (TPSA) is 25.8 Å². The van der Waals surface area contributed by atoms with Crippen LogP contribution in [0.4, 0.5) is 0 Å². The molecule has 0 saturated carbocycles. The largest absolute Gasteiger partial charge is 0.261 e. The van der Waals surface area contributed by atoms with E-state index >= 15 is 0 Å². The Hall–Kier alpha value is -0.920. The van der Waals surface area contributed by atoms with Crippen molar-refractivity contribution in [3.8, 4) is 0 Å². The fourth-order valence-electron chi connectivity index (χ4n) is 1.72. The summed E-state index contributed by atoms with van der Waals surface area (Å²) in [5.41, 5.74) is 1.13. The Morgan fingerprint density at radius 3 is 2.33 bits per heavy atom. The lowest BCUT2D eigenvalue weighted by molar-refractivity contribution is 0.587. The number of aryl methyl sites for hydroxylation is 1. The molecule has 0 aromatic carbocycles. The fraction of sp³-hybridized carbons (Fsp3) is 0.692. The van der Waals surface area contributed by atoms with Gasteiger partial charge in [-0.2, -0.15) is 0 Å². The van der Waals surface area contributed by atoms with Crippen LogP contribution in [0.3, 0.4) is 0 Å². The van der Waals surface area contributed by atoms with Crippen molar-refractivity contribution in [1.82, 2.24) is 9.97 Å². The molecule has 0 fully saturated rings. The highest BCUT2D eigenvalue weighted by Crippen LogP contribution is 2.08. The van der Waals surface area contributed by atoms with E-state index in [1.165, 1.54) is 44.9 Å². The molecule has 0 unspecified atom stereocenters. The molecule has 0 bridgehead atoms. The van der Waals surface area contributed by atoms with E-state index in [-0.39, 0.29) is 0 Å². The number of rotatable bonds is 8. The van der Waals surface area contributed by atoms with Crippen molar-refractivity contribution in [3.63, 3.8) is 0 Å². The Balaban J connectivity index is 1.93. The van der Waals surface area contributed by atoms with Crippen LogP contribution < -0.4 is 0 Å². The van der Waals surface area contributed by atoms with Crippen LogP contribution in [-0.2, 0) is 6.42 Å². The summed E-state index contributed by atoms with van der Waals surface area (Å²) in [6, 6.07) is 0. The smallest absolute Gasteiger partial charge is 0.0586 e. The summed E-state index contributed by atoms with van der Waals surface area (Å²) in [4.78, 5) is 8.33. The van der Waals surface area contributed by atoms with Crippen LogP contribution in [0, 0.1) is 0 Å². The molecule has 0 aliphatic heterocycles. The van der Waals surface area contributed by atoms with Gasteiger partial charge in [-0.3, -0.25) is 9.97 Å². The second-order valence-corrected chi connectivity index (χ2v) is 4.07. The molecule has 84 valence electrons. The van der Waals surface area contributed by atoms with Gasteiger partial charge in [0.25, 0.3) is 0 Å². The Morgan fingerprint density at radius 2 is 1.67 bits per heavy atom. The minimum Gasteiger partial charge on any atom is -0.261 e. The fourth-order valence-corrected chi connectivity index (χ4v) is 1.72. The molecule has 2 heteroatoms. The Kier molecular flexibility index (Phi) is 6.80. The first kappa shape index (κ1) is 12.2. The molecule has 0 amide bonds. The van der Waals surface area contributed by atoms with Crippen LogP contribution in [0.2, 0.25) is 0 Å². The van der Waals surface area contributed by atoms with Gasteiger partial charge in [0.15, 0.2) is 0 Å². The minimum absolute atomic E-state index is 1.08. The second kappa shape index (κ2) is 8.39. The standard InChI is InChI=1S/C13H22N2/c1-2-3-4-5-6-7-8-9-13-12-14-10-11-15-13/h10-12H,2-9H2,1H3. The predicted molar refractivity (Wildman–Crippen MR) is 63.7 cm³/mol. The lowest BCUT2D eigenvalue weighted by atomic mass is 10.1. The highest BCUT2D eigenvalue weighted by Gasteiger charge is 1.94. The van der Waals surface area contributed by atoms with Gasteiger partial charge in [0.05, 0.1) is 5.69 Å². The summed E-state index contributed by atoms with van der Waals surface area (Å²) in [5, 5.41) is 0. The van der Waals surface area contributed by atoms with Gasteiger partial charge in [-0.1, -0.05) is 45.4 Å². The summed E-state index contributed by atoms with van der Waals surface area (Å²) >= 11 is 0. The van der Waals surface area contributed by atoms with Gasteiger partial charge in [-0.05, 0) is 12.8 Å². The lowest BCUT2D eigenvalue weighted by Crippen LogP contribution is -1.90. The summed E-state index contributed by atoms with van der Waals surface area (Å²) in [6.45, 7) is 2.26. The lowest BCUT2D eigenvalue weighted by Gasteiger charge is -2.00. The van der Waals surface area contributed by atoms with Gasteiger partial charge in [0, 0.05) is 18.6 Å². The van der Waals surface area contributed by atoms with Crippen molar-refractivity contribution in [2.45, 2.75) is 58.3 Å². The third-order valence-electron chi connectivity index (χ3n) is 2.65. The highest BCUT2D eigenvalue weighted by molar-refractivity contribution is 4.94. The SMILES string of the molecule is CCCCCCCCCc1cnccn1. The zero-order valence-electron chi connectivity index (χ0n) is 9.78. The normalized spacial score (nSPS) is 10.5. The van der Waals surface area contributed by atoms with E-state index in [9.17, 15) is 0 Å². The van der Waals surface area contributed by atoms with E-state index < -0.39 is 0 Å². The maximum atomic E-state index is 4.26. The number of nitrogens with zero attached hydrogens (tertiary/aromatic N) is 2. The zero-order valence-corrected chi connectivity index (χ0v) is 9.78. The molecule has 2 nitrogen and oxygen atoms in total. The van der Waals surface area contributed by atoms with Crippen LogP contribution in [0.5, 0.6) is 0 Å². The van der Waals surface area contributed by atoms with Crippen molar-refractivity contribution >= 4 is 0 Å². The first-order valence-electron chi connectivity index (χ1n) is 6.18. The number of hydrogen-bond donors (Lipinski definition) is 0. The Labute approximate surface area is 93.2 Å². The average molecular weight is 206 g/mol. The van der Waals surface area contributed by atoms with Gasteiger partial charge in [0.2, 0.25) is 0 Å². The summed E-state index contributed by atoms with van der Waals surface area (Å²) < 4.78 is 0. The quantitative estimate of drug-likeness (QED) is 0.605. The van der Waals surface area contributed by atoms with Crippen molar-refractivity contribution in [2.75, 3.05) is 0 Å². The first-order valence-corrected chi connectivity index (χ1v) is 6.18. The minimum atomic E-state index is 1.08. The van der Waals surface area contributed by atoms with Crippen molar-refractivity contribution in [1.29, 1.82) is 0 Å². The van der Waals surface area contributed by atoms with Gasteiger partial charge in [-0.15, -0.1) is 0 Å². The Bertz CT molecular complexity index is 234. The van der Waals surface area contributed by atoms with Gasteiger partial charge in [0.1, 0.15) is 0 Å². The maximum Gasteiger partial charge on any atom is 0.0586 e. The first-order chi connectivity index (χ1) is 7.43. The third-order valence-corrected chi connectivity index (χ3v) is 2.65. The molecule has 0 aliphatic carbocycles. The molecule has 1 heterocycles. The van der Waals surface area contributed by atoms with Crippen LogP contribution >= 0.6 is 0 Å². The van der Waals surface area contributed by atoms with Crippen molar-refractivity contribution < 1.29 is 0 Å². The van der Waals surface area contributed by atoms with Crippen LogP contribution in [-0.4, -0.2) is 9.97 Å². The van der Waals surface area contributed by atoms with E-state index in [1.54, 1.807) is 12.4 Å². The van der Waals surface area contributed by atoms with E-state index in [0.717, 1.165) is 12.1 Å². The molecule has 15 heavy (non-hydrogen) atoms. The predicted octanol–water partition coefficient (Wildman–Crippen LogP) is 3.77. The molecule has 1 rings (SSSR count). The third kappa shape index (κ3) is 6.21. The van der Waals surface area contributed by atoms with E-state index in [2.05, 4.69) is 16.9 Å². The second-order valence-electron chi connectivity index (χ2n) is 4.07. The van der Waals surface area contributed by atoms with Gasteiger partial charge >= 0.3 is 0 Å². The monoisotopic (exact) mass is 206 g/mol. The van der Waals surface area contributed by atoms with Crippen LogP contribution in [0.1, 0.15) is 57.6 Å². The molecule has 0 radical (unpaired) electrons. The zero-order chi connectivity index (χ0) is 10.8. The molecule has 1 aromatic heterocycles. The Morgan fingerprint density at radius 1 is 0.933 bits per heavy atom. The molecule has 0 spiro atoms. The van der Waals surface area contributed by atoms with E-state index in [1.807, 2.05) is 6.20 Å². The molecule has 0 N–H and O–H groups in total. The summed E-state index contributed by atoms with van der Waals surface area (Å²) in [6.07, 6.45) is 16.0. The maximum absolute atomic E-state index is 4.26. The van der Waals surface area contributed by atoms with Gasteiger partial charge < -0.3 is 0 Å². The summed E-state index contributed by atoms with van der Waals surface area (Å²) in [7, 11) is 0.